The molecule has 1 amide bonds. The Labute approximate surface area is 184 Å². The number of amides is 1. The van der Waals surface area contributed by atoms with Crippen molar-refractivity contribution in [1.82, 2.24) is 5.32 Å². The highest BCUT2D eigenvalue weighted by Gasteiger charge is 2.18. The van der Waals surface area contributed by atoms with Gasteiger partial charge in [0.05, 0.1) is 16.6 Å². The molecule has 0 aliphatic carbocycles. The molecule has 3 aromatic carbocycles. The predicted molar refractivity (Wildman–Crippen MR) is 125 cm³/mol. The number of carbonyl (C=O) groups excluding carboxylic acids is 1. The van der Waals surface area contributed by atoms with Crippen LogP contribution >= 0.6 is 0 Å². The lowest BCUT2D eigenvalue weighted by Gasteiger charge is -2.20. The molecule has 0 heterocycles. The SMILES string of the molecule is CC[C@H](NC(=O)c1ccc(NS(=O)(=O)c2ccc(C)cc2)c(C)c1)c1ccccc1C. The number of hydrogen-bond acceptors (Lipinski definition) is 3. The van der Waals surface area contributed by atoms with Gasteiger partial charge in [0, 0.05) is 5.56 Å². The Morgan fingerprint density at radius 1 is 0.903 bits per heavy atom. The summed E-state index contributed by atoms with van der Waals surface area (Å²) in [6, 6.07) is 19.5. The van der Waals surface area contributed by atoms with Crippen molar-refractivity contribution in [2.75, 3.05) is 4.72 Å². The van der Waals surface area contributed by atoms with E-state index >= 15 is 0 Å². The van der Waals surface area contributed by atoms with Gasteiger partial charge in [-0.3, -0.25) is 9.52 Å². The fourth-order valence-corrected chi connectivity index (χ4v) is 4.59. The smallest absolute Gasteiger partial charge is 0.261 e. The van der Waals surface area contributed by atoms with Crippen molar-refractivity contribution in [3.05, 3.63) is 94.5 Å². The summed E-state index contributed by atoms with van der Waals surface area (Å²) in [4.78, 5) is 13.0. The van der Waals surface area contributed by atoms with E-state index in [1.165, 1.54) is 0 Å². The van der Waals surface area contributed by atoms with E-state index in [0.717, 1.165) is 23.1 Å². The molecule has 0 spiro atoms. The van der Waals surface area contributed by atoms with Crippen molar-refractivity contribution in [2.24, 2.45) is 0 Å². The van der Waals surface area contributed by atoms with Gasteiger partial charge in [0.2, 0.25) is 0 Å². The fraction of sp³-hybridized carbons (Fsp3) is 0.240. The van der Waals surface area contributed by atoms with Crippen molar-refractivity contribution in [3.8, 4) is 0 Å². The molecular weight excluding hydrogens is 408 g/mol. The first-order valence-electron chi connectivity index (χ1n) is 10.3. The van der Waals surface area contributed by atoms with E-state index in [0.29, 0.717) is 16.8 Å². The lowest BCUT2D eigenvalue weighted by Crippen LogP contribution is -2.28. The Morgan fingerprint density at radius 3 is 2.19 bits per heavy atom. The van der Waals surface area contributed by atoms with E-state index in [1.54, 1.807) is 49.4 Å². The second-order valence-corrected chi connectivity index (χ2v) is 9.42. The molecule has 162 valence electrons. The van der Waals surface area contributed by atoms with Crippen LogP contribution in [0.5, 0.6) is 0 Å². The van der Waals surface area contributed by atoms with Crippen LogP contribution in [0.3, 0.4) is 0 Å². The minimum atomic E-state index is -3.70. The highest BCUT2D eigenvalue weighted by Crippen LogP contribution is 2.23. The van der Waals surface area contributed by atoms with Gasteiger partial charge in [0.15, 0.2) is 0 Å². The van der Waals surface area contributed by atoms with Gasteiger partial charge < -0.3 is 5.32 Å². The third-order valence-corrected chi connectivity index (χ3v) is 6.72. The van der Waals surface area contributed by atoms with Crippen LogP contribution in [0.1, 0.15) is 52.0 Å². The minimum Gasteiger partial charge on any atom is -0.345 e. The molecule has 0 bridgehead atoms. The Bertz CT molecular complexity index is 1190. The van der Waals surface area contributed by atoms with E-state index < -0.39 is 10.0 Å². The molecule has 0 aliphatic heterocycles. The van der Waals surface area contributed by atoms with E-state index in [1.807, 2.05) is 45.0 Å². The zero-order valence-electron chi connectivity index (χ0n) is 18.3. The lowest BCUT2D eigenvalue weighted by molar-refractivity contribution is 0.0935. The molecule has 0 fully saturated rings. The van der Waals surface area contributed by atoms with Gasteiger partial charge in [-0.2, -0.15) is 0 Å². The van der Waals surface area contributed by atoms with Crippen LogP contribution in [-0.2, 0) is 10.0 Å². The maximum atomic E-state index is 12.9. The predicted octanol–water partition coefficient (Wildman–Crippen LogP) is 5.29. The third-order valence-electron chi connectivity index (χ3n) is 5.34. The quantitative estimate of drug-likeness (QED) is 0.528. The normalized spacial score (nSPS) is 12.3. The van der Waals surface area contributed by atoms with Crippen molar-refractivity contribution in [2.45, 2.75) is 45.1 Å². The van der Waals surface area contributed by atoms with Crippen LogP contribution in [-0.4, -0.2) is 14.3 Å². The minimum absolute atomic E-state index is 0.0891. The monoisotopic (exact) mass is 436 g/mol. The first kappa shape index (κ1) is 22.6. The number of carbonyl (C=O) groups is 1. The molecule has 0 saturated carbocycles. The average molecular weight is 437 g/mol. The van der Waals surface area contributed by atoms with Crippen LogP contribution in [0.4, 0.5) is 5.69 Å². The molecule has 1 atom stereocenters. The summed E-state index contributed by atoms with van der Waals surface area (Å²) in [5.41, 5.74) is 4.82. The molecular formula is C25H28N2O3S. The van der Waals surface area contributed by atoms with Gasteiger partial charge in [0.1, 0.15) is 0 Å². The van der Waals surface area contributed by atoms with Crippen molar-refractivity contribution >= 4 is 21.6 Å². The number of aryl methyl sites for hydroxylation is 3. The number of benzene rings is 3. The Hall–Kier alpha value is -3.12. The molecule has 0 radical (unpaired) electrons. The van der Waals surface area contributed by atoms with Crippen LogP contribution in [0.25, 0.3) is 0 Å². The Kier molecular flexibility index (Phi) is 6.81. The van der Waals surface area contributed by atoms with E-state index in [4.69, 9.17) is 0 Å². The van der Waals surface area contributed by atoms with Crippen LogP contribution < -0.4 is 10.0 Å². The van der Waals surface area contributed by atoms with Crippen molar-refractivity contribution in [3.63, 3.8) is 0 Å². The van der Waals surface area contributed by atoms with Gasteiger partial charge in [-0.25, -0.2) is 8.42 Å². The average Bonchev–Trinajstić information content (AvgIpc) is 2.74. The molecule has 0 aromatic heterocycles. The molecule has 0 unspecified atom stereocenters. The zero-order valence-corrected chi connectivity index (χ0v) is 19.1. The summed E-state index contributed by atoms with van der Waals surface area (Å²) >= 11 is 0. The maximum absolute atomic E-state index is 12.9. The van der Waals surface area contributed by atoms with Crippen molar-refractivity contribution < 1.29 is 13.2 Å². The van der Waals surface area contributed by atoms with Crippen LogP contribution in [0, 0.1) is 20.8 Å². The Balaban J connectivity index is 1.77. The first-order valence-corrected chi connectivity index (χ1v) is 11.8. The van der Waals surface area contributed by atoms with Gasteiger partial charge in [-0.1, -0.05) is 48.9 Å². The first-order chi connectivity index (χ1) is 14.7. The van der Waals surface area contributed by atoms with Gasteiger partial charge in [0.25, 0.3) is 15.9 Å². The number of nitrogens with one attached hydrogen (secondary N) is 2. The van der Waals surface area contributed by atoms with E-state index in [-0.39, 0.29) is 16.8 Å². The standard InChI is InChI=1S/C25H28N2O3S/c1-5-23(22-9-7-6-8-18(22)3)26-25(28)20-12-15-24(19(4)16-20)27-31(29,30)21-13-10-17(2)11-14-21/h6-16,23,27H,5H2,1-4H3,(H,26,28)/t23-/m0/s1. The van der Waals surface area contributed by atoms with E-state index in [2.05, 4.69) is 10.0 Å². The third kappa shape index (κ3) is 5.33. The molecule has 5 nitrogen and oxygen atoms in total. The summed E-state index contributed by atoms with van der Waals surface area (Å²) in [6.45, 7) is 7.75. The molecule has 31 heavy (non-hydrogen) atoms. The maximum Gasteiger partial charge on any atom is 0.261 e. The topological polar surface area (TPSA) is 75.3 Å². The molecule has 6 heteroatoms. The molecule has 0 aliphatic rings. The van der Waals surface area contributed by atoms with E-state index in [9.17, 15) is 13.2 Å². The number of rotatable bonds is 7. The lowest BCUT2D eigenvalue weighted by atomic mass is 9.99. The number of hydrogen-bond donors (Lipinski definition) is 2. The highest BCUT2D eigenvalue weighted by atomic mass is 32.2. The second-order valence-electron chi connectivity index (χ2n) is 7.74. The zero-order chi connectivity index (χ0) is 22.6. The number of anilines is 1. The van der Waals surface area contributed by atoms with Crippen molar-refractivity contribution in [1.29, 1.82) is 0 Å². The van der Waals surface area contributed by atoms with Gasteiger partial charge in [-0.05, 0) is 74.2 Å². The second kappa shape index (κ2) is 9.35. The van der Waals surface area contributed by atoms with Gasteiger partial charge in [-0.15, -0.1) is 0 Å². The molecule has 2 N–H and O–H groups in total. The fourth-order valence-electron chi connectivity index (χ4n) is 3.46. The summed E-state index contributed by atoms with van der Waals surface area (Å²) < 4.78 is 27.9. The van der Waals surface area contributed by atoms with Crippen LogP contribution in [0.2, 0.25) is 0 Å². The Morgan fingerprint density at radius 2 is 1.58 bits per heavy atom. The molecule has 0 saturated heterocycles. The highest BCUT2D eigenvalue weighted by molar-refractivity contribution is 7.92. The summed E-state index contributed by atoms with van der Waals surface area (Å²) in [5, 5.41) is 3.09. The molecule has 3 aromatic rings. The summed E-state index contributed by atoms with van der Waals surface area (Å²) in [5.74, 6) is -0.189. The molecule has 3 rings (SSSR count). The van der Waals surface area contributed by atoms with Gasteiger partial charge >= 0.3 is 0 Å². The number of sulfonamides is 1. The summed E-state index contributed by atoms with van der Waals surface area (Å²) in [7, 11) is -3.70. The van der Waals surface area contributed by atoms with Crippen LogP contribution in [0.15, 0.2) is 71.6 Å². The largest absolute Gasteiger partial charge is 0.345 e. The summed E-state index contributed by atoms with van der Waals surface area (Å²) in [6.07, 6.45) is 0.768.